The molecule has 2 N–H and O–H groups in total. The van der Waals surface area contributed by atoms with Crippen LogP contribution >= 0.6 is 0 Å². The summed E-state index contributed by atoms with van der Waals surface area (Å²) in [5.41, 5.74) is 5.70. The number of hydrogen-bond donors (Lipinski definition) is 1. The van der Waals surface area contributed by atoms with Crippen LogP contribution in [0.5, 0.6) is 0 Å². The maximum absolute atomic E-state index is 8.36. The fourth-order valence-corrected chi connectivity index (χ4v) is 2.29. The Balaban J connectivity index is 1.97. The maximum atomic E-state index is 8.36. The molecule has 0 amide bonds. The summed E-state index contributed by atoms with van der Waals surface area (Å²) < 4.78 is 5.63. The molecular formula is C12H22N2O. The van der Waals surface area contributed by atoms with E-state index in [0.717, 1.165) is 32.6 Å². The van der Waals surface area contributed by atoms with Crippen LogP contribution in [0.4, 0.5) is 0 Å². The standard InChI is InChI=1S/C12H22N2O/c13-7-2-1-3-8-15-10-12-6-4-5-11(12)9-14/h11-12H,1-6,8-10,14H2. The molecular weight excluding hydrogens is 188 g/mol. The number of nitrogens with zero attached hydrogens (tertiary/aromatic N) is 1. The van der Waals surface area contributed by atoms with Crippen LogP contribution in [-0.4, -0.2) is 19.8 Å². The average Bonchev–Trinajstić information content (AvgIpc) is 2.70. The van der Waals surface area contributed by atoms with Gasteiger partial charge in [0, 0.05) is 19.6 Å². The molecule has 1 fully saturated rings. The molecule has 1 rings (SSSR count). The normalized spacial score (nSPS) is 25.3. The molecule has 3 heteroatoms. The van der Waals surface area contributed by atoms with Crippen LogP contribution < -0.4 is 5.73 Å². The van der Waals surface area contributed by atoms with E-state index < -0.39 is 0 Å². The van der Waals surface area contributed by atoms with E-state index in [1.54, 1.807) is 0 Å². The number of hydrogen-bond acceptors (Lipinski definition) is 3. The van der Waals surface area contributed by atoms with Gasteiger partial charge < -0.3 is 10.5 Å². The second kappa shape index (κ2) is 7.67. The highest BCUT2D eigenvalue weighted by molar-refractivity contribution is 4.77. The van der Waals surface area contributed by atoms with Gasteiger partial charge in [-0.1, -0.05) is 6.42 Å². The Kier molecular flexibility index (Phi) is 6.38. The summed E-state index contributed by atoms with van der Waals surface area (Å²) in [7, 11) is 0. The van der Waals surface area contributed by atoms with Crippen LogP contribution in [0, 0.1) is 23.2 Å². The molecule has 0 radical (unpaired) electrons. The van der Waals surface area contributed by atoms with Crippen molar-refractivity contribution in [2.75, 3.05) is 19.8 Å². The second-order valence-corrected chi connectivity index (χ2v) is 4.38. The van der Waals surface area contributed by atoms with Crippen molar-refractivity contribution in [3.63, 3.8) is 0 Å². The Bertz CT molecular complexity index is 200. The van der Waals surface area contributed by atoms with Crippen molar-refractivity contribution in [2.45, 2.75) is 38.5 Å². The van der Waals surface area contributed by atoms with Gasteiger partial charge in [0.1, 0.15) is 0 Å². The SMILES string of the molecule is N#CCCCCOCC1CCCC1CN. The number of unbranched alkanes of at least 4 members (excludes halogenated alkanes) is 2. The third-order valence-corrected chi connectivity index (χ3v) is 3.28. The Morgan fingerprint density at radius 2 is 2.07 bits per heavy atom. The van der Waals surface area contributed by atoms with Crippen molar-refractivity contribution in [2.24, 2.45) is 17.6 Å². The minimum Gasteiger partial charge on any atom is -0.381 e. The third kappa shape index (κ3) is 4.63. The minimum absolute atomic E-state index is 0.651. The predicted molar refractivity (Wildman–Crippen MR) is 60.2 cm³/mol. The van der Waals surface area contributed by atoms with Crippen LogP contribution in [0.2, 0.25) is 0 Å². The molecule has 0 aromatic carbocycles. The van der Waals surface area contributed by atoms with E-state index >= 15 is 0 Å². The van der Waals surface area contributed by atoms with E-state index in [1.165, 1.54) is 19.3 Å². The predicted octanol–water partition coefficient (Wildman–Crippen LogP) is 2.07. The molecule has 0 aliphatic heterocycles. The number of rotatable bonds is 7. The van der Waals surface area contributed by atoms with Gasteiger partial charge in [0.15, 0.2) is 0 Å². The van der Waals surface area contributed by atoms with E-state index in [9.17, 15) is 0 Å². The van der Waals surface area contributed by atoms with Gasteiger partial charge in [-0.2, -0.15) is 5.26 Å². The smallest absolute Gasteiger partial charge is 0.0621 e. The topological polar surface area (TPSA) is 59.0 Å². The van der Waals surface area contributed by atoms with Gasteiger partial charge in [-0.3, -0.25) is 0 Å². The lowest BCUT2D eigenvalue weighted by Crippen LogP contribution is -2.22. The van der Waals surface area contributed by atoms with Crippen LogP contribution in [0.1, 0.15) is 38.5 Å². The average molecular weight is 210 g/mol. The summed E-state index contributed by atoms with van der Waals surface area (Å²) in [5.74, 6) is 1.37. The van der Waals surface area contributed by atoms with Crippen LogP contribution in [0.15, 0.2) is 0 Å². The summed E-state index contributed by atoms with van der Waals surface area (Å²) in [6.45, 7) is 2.48. The van der Waals surface area contributed by atoms with Gasteiger partial charge in [0.25, 0.3) is 0 Å². The first-order valence-corrected chi connectivity index (χ1v) is 6.03. The van der Waals surface area contributed by atoms with Crippen molar-refractivity contribution in [1.82, 2.24) is 0 Å². The van der Waals surface area contributed by atoms with Gasteiger partial charge >= 0.3 is 0 Å². The molecule has 15 heavy (non-hydrogen) atoms. The molecule has 1 aliphatic rings. The van der Waals surface area contributed by atoms with Gasteiger partial charge in [-0.25, -0.2) is 0 Å². The molecule has 0 saturated heterocycles. The van der Waals surface area contributed by atoms with Crippen molar-refractivity contribution in [3.8, 4) is 6.07 Å². The van der Waals surface area contributed by atoms with Crippen LogP contribution in [0.25, 0.3) is 0 Å². The summed E-state index contributed by atoms with van der Waals surface area (Å²) >= 11 is 0. The minimum atomic E-state index is 0.651. The van der Waals surface area contributed by atoms with Crippen molar-refractivity contribution >= 4 is 0 Å². The molecule has 3 nitrogen and oxygen atoms in total. The molecule has 1 saturated carbocycles. The zero-order valence-corrected chi connectivity index (χ0v) is 9.45. The highest BCUT2D eigenvalue weighted by Crippen LogP contribution is 2.30. The van der Waals surface area contributed by atoms with E-state index in [0.29, 0.717) is 18.3 Å². The van der Waals surface area contributed by atoms with Crippen LogP contribution in [-0.2, 0) is 4.74 Å². The second-order valence-electron chi connectivity index (χ2n) is 4.38. The quantitative estimate of drug-likeness (QED) is 0.654. The lowest BCUT2D eigenvalue weighted by atomic mass is 9.97. The summed E-state index contributed by atoms with van der Waals surface area (Å²) in [6.07, 6.45) is 6.48. The Hall–Kier alpha value is -0.590. The van der Waals surface area contributed by atoms with Crippen molar-refractivity contribution in [3.05, 3.63) is 0 Å². The molecule has 1 aliphatic carbocycles. The zero-order chi connectivity index (χ0) is 10.9. The Morgan fingerprint density at radius 1 is 1.27 bits per heavy atom. The highest BCUT2D eigenvalue weighted by Gasteiger charge is 2.25. The van der Waals surface area contributed by atoms with Crippen molar-refractivity contribution in [1.29, 1.82) is 5.26 Å². The fraction of sp³-hybridized carbons (Fsp3) is 0.917. The first-order chi connectivity index (χ1) is 7.38. The Morgan fingerprint density at radius 3 is 2.80 bits per heavy atom. The molecule has 0 aromatic heterocycles. The third-order valence-electron chi connectivity index (χ3n) is 3.28. The monoisotopic (exact) mass is 210 g/mol. The molecule has 0 bridgehead atoms. The molecule has 0 aromatic rings. The molecule has 2 unspecified atom stereocenters. The molecule has 0 spiro atoms. The van der Waals surface area contributed by atoms with E-state index in [4.69, 9.17) is 15.7 Å². The lowest BCUT2D eigenvalue weighted by molar-refractivity contribution is 0.0845. The molecule has 2 atom stereocenters. The van der Waals surface area contributed by atoms with Gasteiger partial charge in [0.2, 0.25) is 0 Å². The highest BCUT2D eigenvalue weighted by atomic mass is 16.5. The summed E-state index contributed by atoms with van der Waals surface area (Å²) in [6, 6.07) is 2.14. The van der Waals surface area contributed by atoms with E-state index in [-0.39, 0.29) is 0 Å². The molecule has 86 valence electrons. The summed E-state index contributed by atoms with van der Waals surface area (Å²) in [5, 5.41) is 8.36. The molecule has 0 heterocycles. The summed E-state index contributed by atoms with van der Waals surface area (Å²) in [4.78, 5) is 0. The largest absolute Gasteiger partial charge is 0.381 e. The van der Waals surface area contributed by atoms with E-state index in [1.807, 2.05) is 0 Å². The maximum Gasteiger partial charge on any atom is 0.0621 e. The number of nitriles is 1. The van der Waals surface area contributed by atoms with E-state index in [2.05, 4.69) is 6.07 Å². The lowest BCUT2D eigenvalue weighted by Gasteiger charge is -2.17. The first-order valence-electron chi connectivity index (χ1n) is 6.03. The van der Waals surface area contributed by atoms with Gasteiger partial charge in [0.05, 0.1) is 6.07 Å². The fourth-order valence-electron chi connectivity index (χ4n) is 2.29. The first kappa shape index (κ1) is 12.5. The van der Waals surface area contributed by atoms with Gasteiger partial charge in [-0.05, 0) is 44.1 Å². The number of nitrogens with two attached hydrogens (primary N) is 1. The van der Waals surface area contributed by atoms with Crippen LogP contribution in [0.3, 0.4) is 0 Å². The van der Waals surface area contributed by atoms with Crippen molar-refractivity contribution < 1.29 is 4.74 Å². The number of ether oxygens (including phenoxy) is 1. The zero-order valence-electron chi connectivity index (χ0n) is 9.45. The Labute approximate surface area is 92.6 Å². The van der Waals surface area contributed by atoms with Gasteiger partial charge in [-0.15, -0.1) is 0 Å².